The van der Waals surface area contributed by atoms with Gasteiger partial charge in [-0.05, 0) is 29.3 Å². The summed E-state index contributed by atoms with van der Waals surface area (Å²) in [5.74, 6) is 0.742. The maximum absolute atomic E-state index is 11.1. The smallest absolute Gasteiger partial charge is 0.319 e. The molecule has 1 atom stereocenters. The summed E-state index contributed by atoms with van der Waals surface area (Å²) in [6.07, 6.45) is 4.71. The fourth-order valence-corrected chi connectivity index (χ4v) is 3.82. The van der Waals surface area contributed by atoms with Gasteiger partial charge in [-0.1, -0.05) is 48.5 Å². The van der Waals surface area contributed by atoms with Gasteiger partial charge in [-0.3, -0.25) is 15.6 Å². The number of nitrogens with two attached hydrogens (primary N) is 1. The standard InChI is InChI=1S/C25H22N8O/c26-24(34)33-25-29-13-17(14-30-25)22-31-20-11-6-10-19(16-7-2-1-3-8-16)21(20)23(32-22)28-15-18-9-4-5-12-27-18/h1-14,23,28H,15H2,(H,31,32)(H3,26,29,30,33,34). The second-order valence-electron chi connectivity index (χ2n) is 7.63. The molecule has 5 rings (SSSR count). The van der Waals surface area contributed by atoms with Crippen molar-refractivity contribution in [1.82, 2.24) is 25.6 Å². The van der Waals surface area contributed by atoms with Crippen molar-refractivity contribution < 1.29 is 4.79 Å². The van der Waals surface area contributed by atoms with Gasteiger partial charge in [0.1, 0.15) is 12.0 Å². The van der Waals surface area contributed by atoms with Crippen LogP contribution in [0.5, 0.6) is 0 Å². The zero-order chi connectivity index (χ0) is 23.3. The first-order valence-electron chi connectivity index (χ1n) is 10.7. The number of benzene rings is 2. The number of hydrogen-bond donors (Lipinski definition) is 4. The highest BCUT2D eigenvalue weighted by molar-refractivity contribution is 6.02. The number of aromatic nitrogens is 3. The normalized spacial score (nSPS) is 14.5. The minimum absolute atomic E-state index is 0.129. The van der Waals surface area contributed by atoms with Gasteiger partial charge in [0.15, 0.2) is 0 Å². The zero-order valence-electron chi connectivity index (χ0n) is 18.1. The molecule has 2 aromatic carbocycles. The minimum Gasteiger partial charge on any atom is -0.351 e. The monoisotopic (exact) mass is 450 g/mol. The summed E-state index contributed by atoms with van der Waals surface area (Å²) in [4.78, 5) is 28.7. The summed E-state index contributed by atoms with van der Waals surface area (Å²) in [5.41, 5.74) is 10.8. The fraction of sp³-hybridized carbons (Fsp3) is 0.0800. The van der Waals surface area contributed by atoms with Gasteiger partial charge in [0, 0.05) is 30.7 Å². The Balaban J connectivity index is 1.53. The molecule has 168 valence electrons. The van der Waals surface area contributed by atoms with Crippen molar-refractivity contribution in [3.05, 3.63) is 102 Å². The van der Waals surface area contributed by atoms with E-state index in [4.69, 9.17) is 10.7 Å². The van der Waals surface area contributed by atoms with Gasteiger partial charge in [-0.2, -0.15) is 0 Å². The molecule has 1 aliphatic rings. The van der Waals surface area contributed by atoms with E-state index >= 15 is 0 Å². The first-order chi connectivity index (χ1) is 16.7. The Kier molecular flexibility index (Phi) is 5.91. The van der Waals surface area contributed by atoms with Crippen molar-refractivity contribution in [2.24, 2.45) is 10.7 Å². The molecule has 1 aliphatic heterocycles. The van der Waals surface area contributed by atoms with E-state index in [0.717, 1.165) is 28.1 Å². The van der Waals surface area contributed by atoms with Gasteiger partial charge >= 0.3 is 6.03 Å². The zero-order valence-corrected chi connectivity index (χ0v) is 18.1. The molecule has 0 radical (unpaired) electrons. The first-order valence-corrected chi connectivity index (χ1v) is 10.7. The van der Waals surface area contributed by atoms with Crippen molar-refractivity contribution in [2.45, 2.75) is 12.7 Å². The Bertz CT molecular complexity index is 1320. The molecule has 1 unspecified atom stereocenters. The number of amides is 2. The van der Waals surface area contributed by atoms with Gasteiger partial charge in [-0.15, -0.1) is 0 Å². The Morgan fingerprint density at radius 1 is 0.912 bits per heavy atom. The average molecular weight is 451 g/mol. The third kappa shape index (κ3) is 4.59. The Labute approximate surface area is 196 Å². The summed E-state index contributed by atoms with van der Waals surface area (Å²) in [7, 11) is 0. The molecule has 0 fully saturated rings. The number of carbonyl (C=O) groups is 1. The second-order valence-corrected chi connectivity index (χ2v) is 7.63. The molecule has 0 bridgehead atoms. The van der Waals surface area contributed by atoms with E-state index in [1.807, 2.05) is 48.5 Å². The van der Waals surface area contributed by atoms with E-state index < -0.39 is 6.03 Å². The van der Waals surface area contributed by atoms with Crippen LogP contribution >= 0.6 is 0 Å². The van der Waals surface area contributed by atoms with Gasteiger partial charge in [0.25, 0.3) is 0 Å². The maximum atomic E-state index is 11.1. The second kappa shape index (κ2) is 9.47. The SMILES string of the molecule is NC(=O)Nc1ncc(C2=Nc3cccc(-c4ccccc4)c3C(NCc3ccccn3)N2)cn1. The molecule has 3 heterocycles. The molecule has 0 saturated carbocycles. The molecular weight excluding hydrogens is 428 g/mol. The minimum atomic E-state index is -0.720. The van der Waals surface area contributed by atoms with Crippen LogP contribution < -0.4 is 21.7 Å². The van der Waals surface area contributed by atoms with Crippen LogP contribution in [0.2, 0.25) is 0 Å². The maximum Gasteiger partial charge on any atom is 0.319 e. The van der Waals surface area contributed by atoms with E-state index in [1.54, 1.807) is 18.6 Å². The van der Waals surface area contributed by atoms with Crippen molar-refractivity contribution in [2.75, 3.05) is 5.32 Å². The van der Waals surface area contributed by atoms with E-state index in [2.05, 4.69) is 49.1 Å². The van der Waals surface area contributed by atoms with Crippen LogP contribution in [0.3, 0.4) is 0 Å². The van der Waals surface area contributed by atoms with Crippen molar-refractivity contribution >= 4 is 23.5 Å². The molecule has 5 N–H and O–H groups in total. The highest BCUT2D eigenvalue weighted by Crippen LogP contribution is 2.37. The largest absolute Gasteiger partial charge is 0.351 e. The number of anilines is 1. The summed E-state index contributed by atoms with van der Waals surface area (Å²) in [6.45, 7) is 0.562. The third-order valence-electron chi connectivity index (χ3n) is 5.34. The number of hydrogen-bond acceptors (Lipinski definition) is 7. The number of nitrogens with one attached hydrogen (secondary N) is 3. The first kappa shape index (κ1) is 21.2. The molecule has 9 heteroatoms. The Morgan fingerprint density at radius 3 is 2.44 bits per heavy atom. The molecule has 2 amide bonds. The van der Waals surface area contributed by atoms with Crippen LogP contribution in [0.4, 0.5) is 16.4 Å². The molecule has 0 spiro atoms. The lowest BCUT2D eigenvalue weighted by Crippen LogP contribution is -2.41. The van der Waals surface area contributed by atoms with Crippen LogP contribution in [-0.2, 0) is 6.54 Å². The van der Waals surface area contributed by atoms with Crippen LogP contribution in [0.15, 0.2) is 90.3 Å². The third-order valence-corrected chi connectivity index (χ3v) is 5.34. The van der Waals surface area contributed by atoms with E-state index in [9.17, 15) is 4.79 Å². The fourth-order valence-electron chi connectivity index (χ4n) is 3.82. The lowest BCUT2D eigenvalue weighted by molar-refractivity contribution is 0.259. The number of pyridine rings is 1. The molecule has 2 aromatic heterocycles. The lowest BCUT2D eigenvalue weighted by atomic mass is 9.95. The number of carbonyl (C=O) groups excluding carboxylic acids is 1. The summed E-state index contributed by atoms with van der Waals surface area (Å²) in [6, 6.07) is 21.4. The molecule has 4 aromatic rings. The van der Waals surface area contributed by atoms with E-state index in [-0.39, 0.29) is 12.1 Å². The summed E-state index contributed by atoms with van der Waals surface area (Å²) >= 11 is 0. The number of urea groups is 1. The highest BCUT2D eigenvalue weighted by atomic mass is 16.2. The van der Waals surface area contributed by atoms with Gasteiger partial charge in [0.05, 0.1) is 16.9 Å². The Hall–Kier alpha value is -4.63. The van der Waals surface area contributed by atoms with Gasteiger partial charge in [0.2, 0.25) is 5.95 Å². The van der Waals surface area contributed by atoms with E-state index in [1.165, 1.54) is 0 Å². The van der Waals surface area contributed by atoms with E-state index in [0.29, 0.717) is 17.9 Å². The highest BCUT2D eigenvalue weighted by Gasteiger charge is 2.26. The molecule has 34 heavy (non-hydrogen) atoms. The predicted molar refractivity (Wildman–Crippen MR) is 130 cm³/mol. The number of primary amides is 1. The number of fused-ring (bicyclic) bond motifs is 1. The number of aliphatic imine (C=N–C) groups is 1. The lowest BCUT2D eigenvalue weighted by Gasteiger charge is -2.30. The topological polar surface area (TPSA) is 130 Å². The van der Waals surface area contributed by atoms with Crippen LogP contribution in [0.25, 0.3) is 11.1 Å². The number of rotatable bonds is 6. The van der Waals surface area contributed by atoms with Gasteiger partial charge in [-0.25, -0.2) is 19.8 Å². The predicted octanol–water partition coefficient (Wildman–Crippen LogP) is 3.50. The summed E-state index contributed by atoms with van der Waals surface area (Å²) < 4.78 is 0. The molecular formula is C25H22N8O. The van der Waals surface area contributed by atoms with Crippen LogP contribution in [-0.4, -0.2) is 26.8 Å². The van der Waals surface area contributed by atoms with Crippen LogP contribution in [0, 0.1) is 0 Å². The molecule has 9 nitrogen and oxygen atoms in total. The Morgan fingerprint density at radius 2 is 1.71 bits per heavy atom. The number of nitrogens with zero attached hydrogens (tertiary/aromatic N) is 4. The quantitative estimate of drug-likeness (QED) is 0.356. The van der Waals surface area contributed by atoms with Crippen LogP contribution in [0.1, 0.15) is 23.0 Å². The van der Waals surface area contributed by atoms with Crippen molar-refractivity contribution in [3.63, 3.8) is 0 Å². The molecule has 0 aliphatic carbocycles. The number of amidine groups is 1. The molecule has 0 saturated heterocycles. The summed E-state index contributed by atoms with van der Waals surface area (Å²) in [5, 5.41) is 9.42. The van der Waals surface area contributed by atoms with Crippen molar-refractivity contribution in [1.29, 1.82) is 0 Å². The van der Waals surface area contributed by atoms with Gasteiger partial charge < -0.3 is 11.1 Å². The average Bonchev–Trinajstić information content (AvgIpc) is 2.88. The van der Waals surface area contributed by atoms with Crippen molar-refractivity contribution in [3.8, 4) is 11.1 Å².